The average molecular weight is 450 g/mol. The number of ether oxygens (including phenoxy) is 1. The molecule has 0 aliphatic rings. The van der Waals surface area contributed by atoms with E-state index >= 15 is 0 Å². The second kappa shape index (κ2) is 11.7. The van der Waals surface area contributed by atoms with Crippen molar-refractivity contribution in [2.45, 2.75) is 85.5 Å². The number of phenolic OH excluding ortho intramolecular Hbond substituents is 1. The van der Waals surface area contributed by atoms with Gasteiger partial charge in [0, 0.05) is 18.2 Å². The van der Waals surface area contributed by atoms with Crippen LogP contribution in [-0.2, 0) is 14.3 Å². The smallest absolute Gasteiger partial charge is 0.408 e. The molecule has 0 fully saturated rings. The molecule has 32 heavy (non-hydrogen) atoms. The molecule has 2 unspecified atom stereocenters. The molecule has 1 aromatic carbocycles. The summed E-state index contributed by atoms with van der Waals surface area (Å²) in [6, 6.07) is 4.36. The Balaban J connectivity index is 3.40. The highest BCUT2D eigenvalue weighted by Gasteiger charge is 2.38. The summed E-state index contributed by atoms with van der Waals surface area (Å²) in [5.41, 5.74) is -0.389. The first kappa shape index (κ1) is 27.3. The Morgan fingerprint density at radius 2 is 1.66 bits per heavy atom. The lowest BCUT2D eigenvalue weighted by Gasteiger charge is -2.36. The predicted molar refractivity (Wildman–Crippen MR) is 124 cm³/mol. The molecule has 3 N–H and O–H groups in total. The minimum Gasteiger partial charge on any atom is -0.508 e. The van der Waals surface area contributed by atoms with Crippen LogP contribution in [0.3, 0.4) is 0 Å². The van der Waals surface area contributed by atoms with Gasteiger partial charge in [-0.05, 0) is 53.0 Å². The largest absolute Gasteiger partial charge is 0.508 e. The first-order valence-electron chi connectivity index (χ1n) is 11.2. The van der Waals surface area contributed by atoms with Crippen LogP contribution in [0.1, 0.15) is 73.4 Å². The van der Waals surface area contributed by atoms with Crippen LogP contribution in [0.5, 0.6) is 5.75 Å². The number of nitrogens with zero attached hydrogens (tertiary/aromatic N) is 1. The van der Waals surface area contributed by atoms with Gasteiger partial charge in [0.05, 0.1) is 0 Å². The molecule has 0 bridgehead atoms. The number of para-hydroxylation sites is 1. The van der Waals surface area contributed by atoms with Crippen LogP contribution >= 0.6 is 0 Å². The zero-order chi connectivity index (χ0) is 24.6. The summed E-state index contributed by atoms with van der Waals surface area (Å²) in [6.07, 6.45) is -0.117. The van der Waals surface area contributed by atoms with Crippen LogP contribution < -0.4 is 10.6 Å². The number of rotatable bonds is 9. The number of benzene rings is 1. The van der Waals surface area contributed by atoms with Crippen LogP contribution in [0.15, 0.2) is 24.3 Å². The van der Waals surface area contributed by atoms with E-state index in [1.165, 1.54) is 11.0 Å². The highest BCUT2D eigenvalue weighted by atomic mass is 16.6. The van der Waals surface area contributed by atoms with Crippen LogP contribution in [0.2, 0.25) is 0 Å². The van der Waals surface area contributed by atoms with E-state index in [2.05, 4.69) is 10.6 Å². The van der Waals surface area contributed by atoms with Crippen molar-refractivity contribution in [3.63, 3.8) is 0 Å². The Bertz CT molecular complexity index is 786. The minimum atomic E-state index is -1.05. The van der Waals surface area contributed by atoms with Gasteiger partial charge < -0.3 is 25.4 Å². The second-order valence-electron chi connectivity index (χ2n) is 9.52. The van der Waals surface area contributed by atoms with Gasteiger partial charge >= 0.3 is 6.09 Å². The van der Waals surface area contributed by atoms with E-state index in [1.807, 2.05) is 34.6 Å². The normalized spacial score (nSPS) is 13.4. The maximum absolute atomic E-state index is 13.7. The summed E-state index contributed by atoms with van der Waals surface area (Å²) in [5, 5.41) is 16.0. The highest BCUT2D eigenvalue weighted by Crippen LogP contribution is 2.30. The number of carbonyl (C=O) groups excluding carboxylic acids is 3. The molecule has 0 aliphatic carbocycles. The molecular formula is C24H39N3O5. The molecule has 0 saturated heterocycles. The summed E-state index contributed by atoms with van der Waals surface area (Å²) in [6.45, 7) is 14.7. The SMILES string of the molecule is CCCN(C(=O)C(NC(=O)OC(C)(C)C)C(C)C)C(C(=O)NC(C)C)c1ccccc1O. The molecule has 180 valence electrons. The molecule has 8 heteroatoms. The third kappa shape index (κ3) is 8.05. The van der Waals surface area contributed by atoms with Crippen LogP contribution in [-0.4, -0.2) is 52.1 Å². The number of phenols is 1. The van der Waals surface area contributed by atoms with Gasteiger partial charge in [0.15, 0.2) is 0 Å². The van der Waals surface area contributed by atoms with Gasteiger partial charge in [0.2, 0.25) is 11.8 Å². The Morgan fingerprint density at radius 3 is 2.12 bits per heavy atom. The highest BCUT2D eigenvalue weighted by molar-refractivity contribution is 5.92. The maximum atomic E-state index is 13.7. The minimum absolute atomic E-state index is 0.0773. The molecule has 0 saturated carbocycles. The molecule has 0 spiro atoms. The Hall–Kier alpha value is -2.77. The van der Waals surface area contributed by atoms with E-state index in [4.69, 9.17) is 4.74 Å². The van der Waals surface area contributed by atoms with Crippen LogP contribution in [0, 0.1) is 5.92 Å². The van der Waals surface area contributed by atoms with E-state index in [0.29, 0.717) is 12.0 Å². The van der Waals surface area contributed by atoms with E-state index in [1.54, 1.807) is 39.0 Å². The Labute approximate surface area is 191 Å². The molecule has 8 nitrogen and oxygen atoms in total. The molecule has 1 aromatic rings. The van der Waals surface area contributed by atoms with Crippen molar-refractivity contribution in [1.82, 2.24) is 15.5 Å². The summed E-state index contributed by atoms with van der Waals surface area (Å²) in [5.74, 6) is -1.15. The molecule has 1 rings (SSSR count). The lowest BCUT2D eigenvalue weighted by molar-refractivity contribution is -0.143. The number of alkyl carbamates (subject to hydrolysis) is 1. The number of aromatic hydroxyl groups is 1. The summed E-state index contributed by atoms with van der Waals surface area (Å²) in [4.78, 5) is 40.7. The zero-order valence-electron chi connectivity index (χ0n) is 20.6. The van der Waals surface area contributed by atoms with Crippen molar-refractivity contribution in [1.29, 1.82) is 0 Å². The maximum Gasteiger partial charge on any atom is 0.408 e. The first-order chi connectivity index (χ1) is 14.8. The molecule has 3 amide bonds. The average Bonchev–Trinajstić information content (AvgIpc) is 2.64. The molecule has 0 radical (unpaired) electrons. The number of amides is 3. The second-order valence-corrected chi connectivity index (χ2v) is 9.52. The standard InChI is InChI=1S/C24H39N3O5/c1-9-14-27(22(30)19(15(2)3)26-23(31)32-24(6,7)8)20(21(29)25-16(4)5)17-12-10-11-13-18(17)28/h10-13,15-16,19-20,28H,9,14H2,1-8H3,(H,25,29)(H,26,31). The van der Waals surface area contributed by atoms with Crippen molar-refractivity contribution in [2.24, 2.45) is 5.92 Å². The van der Waals surface area contributed by atoms with Gasteiger partial charge in [0.25, 0.3) is 0 Å². The summed E-state index contributed by atoms with van der Waals surface area (Å²) >= 11 is 0. The van der Waals surface area contributed by atoms with Gasteiger partial charge in [-0.25, -0.2) is 4.79 Å². The van der Waals surface area contributed by atoms with E-state index in [9.17, 15) is 19.5 Å². The Morgan fingerprint density at radius 1 is 1.06 bits per heavy atom. The summed E-state index contributed by atoms with van der Waals surface area (Å²) < 4.78 is 5.33. The number of carbonyl (C=O) groups is 3. The fourth-order valence-corrected chi connectivity index (χ4v) is 3.27. The van der Waals surface area contributed by atoms with E-state index in [-0.39, 0.29) is 24.3 Å². The van der Waals surface area contributed by atoms with Gasteiger partial charge in [0.1, 0.15) is 23.4 Å². The fraction of sp³-hybridized carbons (Fsp3) is 0.625. The molecule has 2 atom stereocenters. The third-order valence-electron chi connectivity index (χ3n) is 4.57. The van der Waals surface area contributed by atoms with Gasteiger partial charge in [-0.15, -0.1) is 0 Å². The fourth-order valence-electron chi connectivity index (χ4n) is 3.27. The molecule has 0 aromatic heterocycles. The summed E-state index contributed by atoms with van der Waals surface area (Å²) in [7, 11) is 0. The quantitative estimate of drug-likeness (QED) is 0.532. The van der Waals surface area contributed by atoms with Gasteiger partial charge in [-0.1, -0.05) is 39.0 Å². The lowest BCUT2D eigenvalue weighted by atomic mass is 9.98. The van der Waals surface area contributed by atoms with Gasteiger partial charge in [-0.2, -0.15) is 0 Å². The van der Waals surface area contributed by atoms with Crippen molar-refractivity contribution < 1.29 is 24.2 Å². The van der Waals surface area contributed by atoms with E-state index < -0.39 is 35.6 Å². The monoisotopic (exact) mass is 449 g/mol. The first-order valence-corrected chi connectivity index (χ1v) is 11.2. The molecule has 0 aliphatic heterocycles. The zero-order valence-corrected chi connectivity index (χ0v) is 20.6. The lowest BCUT2D eigenvalue weighted by Crippen LogP contribution is -2.55. The number of nitrogens with one attached hydrogen (secondary N) is 2. The van der Waals surface area contributed by atoms with Crippen LogP contribution in [0.25, 0.3) is 0 Å². The molecular weight excluding hydrogens is 410 g/mol. The van der Waals surface area contributed by atoms with Crippen molar-refractivity contribution in [3.8, 4) is 5.75 Å². The Kier molecular flexibility index (Phi) is 10.0. The van der Waals surface area contributed by atoms with Gasteiger partial charge in [-0.3, -0.25) is 9.59 Å². The topological polar surface area (TPSA) is 108 Å². The number of hydrogen-bond acceptors (Lipinski definition) is 5. The van der Waals surface area contributed by atoms with Crippen molar-refractivity contribution >= 4 is 17.9 Å². The van der Waals surface area contributed by atoms with E-state index in [0.717, 1.165) is 0 Å². The number of hydrogen-bond donors (Lipinski definition) is 3. The van der Waals surface area contributed by atoms with Crippen molar-refractivity contribution in [3.05, 3.63) is 29.8 Å². The van der Waals surface area contributed by atoms with Crippen molar-refractivity contribution in [2.75, 3.05) is 6.54 Å². The predicted octanol–water partition coefficient (Wildman–Crippen LogP) is 3.75. The molecule has 0 heterocycles. The van der Waals surface area contributed by atoms with Crippen LogP contribution in [0.4, 0.5) is 4.79 Å². The third-order valence-corrected chi connectivity index (χ3v) is 4.57.